The third-order valence-corrected chi connectivity index (χ3v) is 9.04. The van der Waals surface area contributed by atoms with Gasteiger partial charge in [0.1, 0.15) is 6.04 Å². The van der Waals surface area contributed by atoms with Crippen LogP contribution in [0.4, 0.5) is 5.69 Å². The normalized spacial score (nSPS) is 22.5. The predicted octanol–water partition coefficient (Wildman–Crippen LogP) is 5.24. The topological polar surface area (TPSA) is 92.8 Å². The van der Waals surface area contributed by atoms with Crippen LogP contribution >= 0.6 is 0 Å². The highest BCUT2D eigenvalue weighted by molar-refractivity contribution is 6.10. The molecular formula is C35H30N2O5. The maximum atomic E-state index is 14.1. The Balaban J connectivity index is 1.14. The Labute approximate surface area is 243 Å². The van der Waals surface area contributed by atoms with E-state index in [4.69, 9.17) is 4.74 Å². The molecule has 1 heterocycles. The van der Waals surface area contributed by atoms with Crippen molar-refractivity contribution in [3.8, 4) is 0 Å². The number of hydrogen-bond donors (Lipinski definition) is 1. The lowest BCUT2D eigenvalue weighted by atomic mass is 9.55. The van der Waals surface area contributed by atoms with Crippen LogP contribution in [0.2, 0.25) is 0 Å². The Morgan fingerprint density at radius 3 is 1.79 bits per heavy atom. The first-order chi connectivity index (χ1) is 20.4. The Bertz CT molecular complexity index is 1660. The zero-order valence-corrected chi connectivity index (χ0v) is 23.3. The predicted molar refractivity (Wildman–Crippen MR) is 158 cm³/mol. The van der Waals surface area contributed by atoms with Gasteiger partial charge < -0.3 is 10.1 Å². The molecule has 42 heavy (non-hydrogen) atoms. The second-order valence-corrected chi connectivity index (χ2v) is 11.7. The molecule has 3 amide bonds. The van der Waals surface area contributed by atoms with Crippen molar-refractivity contribution in [1.29, 1.82) is 0 Å². The zero-order valence-electron chi connectivity index (χ0n) is 23.3. The van der Waals surface area contributed by atoms with Crippen LogP contribution in [0.1, 0.15) is 47.9 Å². The molecule has 0 unspecified atom stereocenters. The van der Waals surface area contributed by atoms with E-state index in [1.54, 1.807) is 19.9 Å². The third-order valence-electron chi connectivity index (χ3n) is 9.04. The van der Waals surface area contributed by atoms with Crippen molar-refractivity contribution in [2.45, 2.75) is 31.7 Å². The van der Waals surface area contributed by atoms with Gasteiger partial charge in [0, 0.05) is 22.9 Å². The van der Waals surface area contributed by atoms with Crippen molar-refractivity contribution < 1.29 is 23.9 Å². The minimum atomic E-state index is -1.13. The summed E-state index contributed by atoms with van der Waals surface area (Å²) >= 11 is 0. The van der Waals surface area contributed by atoms with Crippen LogP contribution in [-0.4, -0.2) is 41.2 Å². The third kappa shape index (κ3) is 3.87. The summed E-state index contributed by atoms with van der Waals surface area (Å²) in [6.07, 6.45) is 0. The monoisotopic (exact) mass is 558 g/mol. The number of carbonyl (C=O) groups is 4. The minimum absolute atomic E-state index is 0.260. The number of likely N-dealkylation sites (tertiary alicyclic amines) is 1. The number of nitrogens with one attached hydrogen (secondary N) is 1. The van der Waals surface area contributed by atoms with E-state index in [9.17, 15) is 19.2 Å². The first kappa shape index (κ1) is 26.1. The molecular weight excluding hydrogens is 528 g/mol. The molecule has 210 valence electrons. The smallest absolute Gasteiger partial charge is 0.330 e. The van der Waals surface area contributed by atoms with Crippen molar-refractivity contribution >= 4 is 40.2 Å². The Morgan fingerprint density at radius 2 is 1.24 bits per heavy atom. The van der Waals surface area contributed by atoms with Crippen molar-refractivity contribution in [3.05, 3.63) is 113 Å². The van der Waals surface area contributed by atoms with E-state index in [-0.39, 0.29) is 23.7 Å². The Kier molecular flexibility index (Phi) is 6.19. The van der Waals surface area contributed by atoms with Crippen LogP contribution in [0, 0.1) is 17.8 Å². The highest BCUT2D eigenvalue weighted by Gasteiger charge is 2.63. The number of rotatable bonds is 6. The summed E-state index contributed by atoms with van der Waals surface area (Å²) in [4.78, 5) is 55.7. The second-order valence-electron chi connectivity index (χ2n) is 11.7. The Morgan fingerprint density at radius 1 is 0.738 bits per heavy atom. The lowest BCUT2D eigenvalue weighted by Crippen LogP contribution is -2.49. The van der Waals surface area contributed by atoms with Gasteiger partial charge in [-0.2, -0.15) is 0 Å². The van der Waals surface area contributed by atoms with Crippen LogP contribution in [-0.2, 0) is 23.9 Å². The first-order valence-electron chi connectivity index (χ1n) is 14.4. The average molecular weight is 559 g/mol. The van der Waals surface area contributed by atoms with Crippen molar-refractivity contribution in [1.82, 2.24) is 4.90 Å². The minimum Gasteiger partial charge on any atom is -0.454 e. The van der Waals surface area contributed by atoms with Gasteiger partial charge in [-0.1, -0.05) is 98.8 Å². The molecule has 4 aliphatic rings. The largest absolute Gasteiger partial charge is 0.454 e. The molecule has 7 nitrogen and oxygen atoms in total. The van der Waals surface area contributed by atoms with E-state index < -0.39 is 42.3 Å². The molecule has 1 N–H and O–H groups in total. The molecule has 1 aliphatic heterocycles. The lowest BCUT2D eigenvalue weighted by Gasteiger charge is -2.45. The van der Waals surface area contributed by atoms with E-state index >= 15 is 0 Å². The molecule has 3 atom stereocenters. The summed E-state index contributed by atoms with van der Waals surface area (Å²) in [6, 6.07) is 28.1. The number of fused-ring (bicyclic) bond motifs is 1. The number of benzene rings is 4. The molecule has 0 aromatic heterocycles. The fourth-order valence-corrected chi connectivity index (χ4v) is 7.39. The van der Waals surface area contributed by atoms with E-state index in [0.29, 0.717) is 5.69 Å². The van der Waals surface area contributed by atoms with Gasteiger partial charge in [0.05, 0.1) is 11.8 Å². The summed E-state index contributed by atoms with van der Waals surface area (Å²) in [5.74, 6) is -4.06. The van der Waals surface area contributed by atoms with E-state index in [1.165, 1.54) is 0 Å². The fraction of sp³-hybridized carbons (Fsp3) is 0.257. The van der Waals surface area contributed by atoms with Crippen molar-refractivity contribution in [2.24, 2.45) is 17.8 Å². The van der Waals surface area contributed by atoms with Gasteiger partial charge in [0.2, 0.25) is 11.8 Å². The lowest BCUT2D eigenvalue weighted by molar-refractivity contribution is -0.162. The quantitative estimate of drug-likeness (QED) is 0.258. The number of amides is 3. The summed E-state index contributed by atoms with van der Waals surface area (Å²) < 4.78 is 5.47. The fourth-order valence-electron chi connectivity index (χ4n) is 7.39. The van der Waals surface area contributed by atoms with Crippen molar-refractivity contribution in [2.75, 3.05) is 11.9 Å². The van der Waals surface area contributed by atoms with Crippen LogP contribution in [0.5, 0.6) is 0 Å². The SMILES string of the molecule is CC(C)[C@H](C(=O)OCC(=O)Nc1cccc2ccccc12)N1C(=O)[C@@H]2C3c4ccccc4C(c4ccccc43)[C@H]2C1=O. The van der Waals surface area contributed by atoms with Gasteiger partial charge in [-0.3, -0.25) is 19.3 Å². The van der Waals surface area contributed by atoms with E-state index in [0.717, 1.165) is 37.9 Å². The number of hydrogen-bond acceptors (Lipinski definition) is 5. The standard InChI is InChI=1S/C35H30N2O5/c1-19(2)32(35(41)42-18-27(38)36-26-17-9-11-20-10-3-4-12-21(20)26)37-33(39)30-28-22-13-5-6-14-23(22)29(31(30)34(37)40)25-16-8-7-15-24(25)28/h3-17,19,28-32H,18H2,1-2H3,(H,36,38)/t28?,29?,30-,31-,32-/m1/s1. The van der Waals surface area contributed by atoms with Gasteiger partial charge in [-0.05, 0) is 39.6 Å². The van der Waals surface area contributed by atoms with Crippen LogP contribution in [0.15, 0.2) is 91.0 Å². The molecule has 0 spiro atoms. The maximum Gasteiger partial charge on any atom is 0.330 e. The average Bonchev–Trinajstić information content (AvgIpc) is 3.26. The zero-order chi connectivity index (χ0) is 29.1. The molecule has 8 rings (SSSR count). The number of imide groups is 1. The van der Waals surface area contributed by atoms with Gasteiger partial charge in [0.25, 0.3) is 5.91 Å². The molecule has 1 fully saturated rings. The molecule has 3 aliphatic carbocycles. The summed E-state index contributed by atoms with van der Waals surface area (Å²) in [7, 11) is 0. The van der Waals surface area contributed by atoms with Crippen molar-refractivity contribution in [3.63, 3.8) is 0 Å². The van der Waals surface area contributed by atoms with Crippen LogP contribution < -0.4 is 5.32 Å². The Hall–Kier alpha value is -4.78. The summed E-state index contributed by atoms with van der Waals surface area (Å²) in [5.41, 5.74) is 4.88. The molecule has 4 aromatic carbocycles. The molecule has 0 radical (unpaired) electrons. The number of esters is 1. The van der Waals surface area contributed by atoms with E-state index in [2.05, 4.69) is 5.32 Å². The second kappa shape index (κ2) is 9.94. The van der Waals surface area contributed by atoms with Crippen LogP contribution in [0.25, 0.3) is 10.8 Å². The summed E-state index contributed by atoms with van der Waals surface area (Å²) in [5, 5.41) is 4.65. The number of anilines is 1. The van der Waals surface area contributed by atoms with Gasteiger partial charge in [-0.15, -0.1) is 0 Å². The maximum absolute atomic E-state index is 14.1. The summed E-state index contributed by atoms with van der Waals surface area (Å²) in [6.45, 7) is 3.03. The van der Waals surface area contributed by atoms with Gasteiger partial charge in [0.15, 0.2) is 6.61 Å². The van der Waals surface area contributed by atoms with Crippen LogP contribution in [0.3, 0.4) is 0 Å². The van der Waals surface area contributed by atoms with E-state index in [1.807, 2.05) is 84.9 Å². The first-order valence-corrected chi connectivity index (χ1v) is 14.4. The van der Waals surface area contributed by atoms with Gasteiger partial charge in [-0.25, -0.2) is 4.79 Å². The number of ether oxygens (including phenoxy) is 1. The number of carbonyl (C=O) groups excluding carboxylic acids is 4. The number of nitrogens with zero attached hydrogens (tertiary/aromatic N) is 1. The molecule has 2 bridgehead atoms. The highest BCUT2D eigenvalue weighted by atomic mass is 16.5. The molecule has 7 heteroatoms. The molecule has 4 aromatic rings. The van der Waals surface area contributed by atoms with Gasteiger partial charge >= 0.3 is 5.97 Å². The molecule has 0 saturated carbocycles. The highest BCUT2D eigenvalue weighted by Crippen LogP contribution is 2.61. The molecule has 1 saturated heterocycles.